The van der Waals surface area contributed by atoms with E-state index in [0.29, 0.717) is 18.0 Å². The van der Waals surface area contributed by atoms with Crippen LogP contribution in [0.2, 0.25) is 0 Å². The number of rotatable bonds is 5. The van der Waals surface area contributed by atoms with Gasteiger partial charge in [0.1, 0.15) is 5.82 Å². The molecule has 0 spiro atoms. The molecule has 98 valence electrons. The normalized spacial score (nSPS) is 9.94. The number of halogens is 2. The Morgan fingerprint density at radius 3 is 2.78 bits per heavy atom. The first-order valence-electron chi connectivity index (χ1n) is 5.32. The van der Waals surface area contributed by atoms with Crippen LogP contribution in [0.25, 0.3) is 0 Å². The lowest BCUT2D eigenvalue weighted by Crippen LogP contribution is -2.12. The maximum Gasteiger partial charge on any atom is 0.340 e. The molecule has 18 heavy (non-hydrogen) atoms. The first-order valence-corrected chi connectivity index (χ1v) is 5.85. The van der Waals surface area contributed by atoms with Gasteiger partial charge in [-0.25, -0.2) is 9.18 Å². The molecule has 0 saturated carbocycles. The molecule has 0 heterocycles. The summed E-state index contributed by atoms with van der Waals surface area (Å²) in [6.45, 7) is 0. The number of hydrogen-bond acceptors (Lipinski definition) is 3. The summed E-state index contributed by atoms with van der Waals surface area (Å²) in [5.74, 6) is -1.33. The number of amides is 1. The number of ether oxygens (including phenoxy) is 1. The number of hydrogen-bond donors (Lipinski definition) is 1. The first kappa shape index (κ1) is 14.4. The largest absolute Gasteiger partial charge is 0.465 e. The third-order valence-electron chi connectivity index (χ3n) is 2.19. The molecule has 0 aromatic heterocycles. The van der Waals surface area contributed by atoms with Crippen LogP contribution in [0.15, 0.2) is 18.2 Å². The van der Waals surface area contributed by atoms with Crippen molar-refractivity contribution in [3.8, 4) is 0 Å². The zero-order chi connectivity index (χ0) is 13.5. The van der Waals surface area contributed by atoms with E-state index in [4.69, 9.17) is 11.6 Å². The number of esters is 1. The molecule has 0 aliphatic rings. The average molecular weight is 274 g/mol. The zero-order valence-electron chi connectivity index (χ0n) is 9.83. The Balaban J connectivity index is 2.79. The van der Waals surface area contributed by atoms with Crippen molar-refractivity contribution in [1.82, 2.24) is 0 Å². The summed E-state index contributed by atoms with van der Waals surface area (Å²) in [5.41, 5.74) is 0.129. The lowest BCUT2D eigenvalue weighted by atomic mass is 10.2. The van der Waals surface area contributed by atoms with Crippen LogP contribution in [0, 0.1) is 5.82 Å². The van der Waals surface area contributed by atoms with Gasteiger partial charge in [-0.3, -0.25) is 4.79 Å². The Morgan fingerprint density at radius 1 is 1.44 bits per heavy atom. The second-order valence-electron chi connectivity index (χ2n) is 3.53. The number of benzene rings is 1. The molecule has 0 unspecified atom stereocenters. The summed E-state index contributed by atoms with van der Waals surface area (Å²) >= 11 is 5.46. The van der Waals surface area contributed by atoms with Crippen LogP contribution < -0.4 is 5.32 Å². The Bertz CT molecular complexity index is 451. The summed E-state index contributed by atoms with van der Waals surface area (Å²) < 4.78 is 17.7. The number of methoxy groups -OCH3 is 1. The van der Waals surface area contributed by atoms with Gasteiger partial charge in [0.05, 0.1) is 12.7 Å². The van der Waals surface area contributed by atoms with Crippen molar-refractivity contribution in [1.29, 1.82) is 0 Å². The van der Waals surface area contributed by atoms with Crippen LogP contribution >= 0.6 is 11.6 Å². The number of anilines is 1. The minimum absolute atomic E-state index is 0.215. The topological polar surface area (TPSA) is 55.4 Å². The van der Waals surface area contributed by atoms with Crippen LogP contribution in [0.4, 0.5) is 10.1 Å². The van der Waals surface area contributed by atoms with Crippen LogP contribution in [0.3, 0.4) is 0 Å². The number of nitrogens with one attached hydrogen (secondary N) is 1. The van der Waals surface area contributed by atoms with Crippen molar-refractivity contribution in [3.63, 3.8) is 0 Å². The Hall–Kier alpha value is -1.62. The summed E-state index contributed by atoms with van der Waals surface area (Å²) in [5, 5.41) is 2.55. The van der Waals surface area contributed by atoms with Crippen molar-refractivity contribution in [3.05, 3.63) is 29.6 Å². The van der Waals surface area contributed by atoms with E-state index in [1.54, 1.807) is 0 Å². The lowest BCUT2D eigenvalue weighted by Gasteiger charge is -2.07. The molecule has 0 radical (unpaired) electrons. The summed E-state index contributed by atoms with van der Waals surface area (Å²) in [6, 6.07) is 3.71. The van der Waals surface area contributed by atoms with Crippen molar-refractivity contribution in [2.75, 3.05) is 18.3 Å². The summed E-state index contributed by atoms with van der Waals surface area (Å²) in [6.07, 6.45) is 0.826. The molecule has 6 heteroatoms. The summed E-state index contributed by atoms with van der Waals surface area (Å²) in [4.78, 5) is 22.7. The monoisotopic (exact) mass is 273 g/mol. The van der Waals surface area contributed by atoms with Gasteiger partial charge in [-0.05, 0) is 24.6 Å². The van der Waals surface area contributed by atoms with Gasteiger partial charge in [0, 0.05) is 18.0 Å². The second kappa shape index (κ2) is 6.96. The Labute approximate surface area is 109 Å². The molecule has 0 aliphatic carbocycles. The Morgan fingerprint density at radius 2 is 2.17 bits per heavy atom. The molecule has 0 fully saturated rings. The first-order chi connectivity index (χ1) is 8.58. The molecule has 1 amide bonds. The van der Waals surface area contributed by atoms with E-state index < -0.39 is 11.8 Å². The molecule has 1 rings (SSSR count). The number of alkyl halides is 1. The van der Waals surface area contributed by atoms with Gasteiger partial charge in [-0.1, -0.05) is 0 Å². The van der Waals surface area contributed by atoms with E-state index >= 15 is 0 Å². The highest BCUT2D eigenvalue weighted by atomic mass is 35.5. The third kappa shape index (κ3) is 4.00. The quantitative estimate of drug-likeness (QED) is 0.663. The van der Waals surface area contributed by atoms with Crippen LogP contribution in [0.1, 0.15) is 23.2 Å². The SMILES string of the molecule is COC(=O)c1cc(NC(=O)CCCCl)ccc1F. The van der Waals surface area contributed by atoms with E-state index in [0.717, 1.165) is 13.2 Å². The molecule has 4 nitrogen and oxygen atoms in total. The van der Waals surface area contributed by atoms with Crippen molar-refractivity contribution in [2.45, 2.75) is 12.8 Å². The smallest absolute Gasteiger partial charge is 0.340 e. The van der Waals surface area contributed by atoms with Gasteiger partial charge in [0.15, 0.2) is 0 Å². The van der Waals surface area contributed by atoms with Gasteiger partial charge < -0.3 is 10.1 Å². The minimum atomic E-state index is -0.788. The summed E-state index contributed by atoms with van der Waals surface area (Å²) in [7, 11) is 1.16. The van der Waals surface area contributed by atoms with Gasteiger partial charge in [-0.15, -0.1) is 11.6 Å². The highest BCUT2D eigenvalue weighted by molar-refractivity contribution is 6.18. The fraction of sp³-hybridized carbons (Fsp3) is 0.333. The van der Waals surface area contributed by atoms with E-state index in [1.165, 1.54) is 12.1 Å². The van der Waals surface area contributed by atoms with Gasteiger partial charge in [0.2, 0.25) is 5.91 Å². The number of carbonyl (C=O) groups excluding carboxylic acids is 2. The van der Waals surface area contributed by atoms with E-state index in [9.17, 15) is 14.0 Å². The molecular weight excluding hydrogens is 261 g/mol. The Kier molecular flexibility index (Phi) is 5.58. The predicted octanol–water partition coefficient (Wildman–Crippen LogP) is 2.57. The van der Waals surface area contributed by atoms with Crippen molar-refractivity contribution < 1.29 is 18.7 Å². The van der Waals surface area contributed by atoms with Crippen LogP contribution in [0.5, 0.6) is 0 Å². The molecule has 0 aliphatic heterocycles. The van der Waals surface area contributed by atoms with Gasteiger partial charge in [0.25, 0.3) is 0 Å². The van der Waals surface area contributed by atoms with Crippen LogP contribution in [-0.4, -0.2) is 24.9 Å². The van der Waals surface area contributed by atoms with Crippen molar-refractivity contribution >= 4 is 29.2 Å². The molecule has 1 aromatic carbocycles. The lowest BCUT2D eigenvalue weighted by molar-refractivity contribution is -0.116. The second-order valence-corrected chi connectivity index (χ2v) is 3.90. The van der Waals surface area contributed by atoms with E-state index in [1.807, 2.05) is 0 Å². The molecular formula is C12H13ClFNO3. The fourth-order valence-electron chi connectivity index (χ4n) is 1.32. The van der Waals surface area contributed by atoms with E-state index in [2.05, 4.69) is 10.1 Å². The molecule has 1 N–H and O–H groups in total. The third-order valence-corrected chi connectivity index (χ3v) is 2.46. The molecule has 0 bridgehead atoms. The zero-order valence-corrected chi connectivity index (χ0v) is 10.6. The standard InChI is InChI=1S/C12H13ClFNO3/c1-18-12(17)9-7-8(4-5-10(9)14)15-11(16)3-2-6-13/h4-5,7H,2-3,6H2,1H3,(H,15,16). The fourth-order valence-corrected chi connectivity index (χ4v) is 1.45. The van der Waals surface area contributed by atoms with E-state index in [-0.39, 0.29) is 17.9 Å². The minimum Gasteiger partial charge on any atom is -0.465 e. The number of carbonyl (C=O) groups is 2. The van der Waals surface area contributed by atoms with Gasteiger partial charge in [-0.2, -0.15) is 0 Å². The maximum atomic E-state index is 13.3. The molecule has 0 atom stereocenters. The average Bonchev–Trinajstić information content (AvgIpc) is 2.37. The van der Waals surface area contributed by atoms with Crippen LogP contribution in [-0.2, 0) is 9.53 Å². The highest BCUT2D eigenvalue weighted by Gasteiger charge is 2.13. The molecule has 0 saturated heterocycles. The highest BCUT2D eigenvalue weighted by Crippen LogP contribution is 2.16. The van der Waals surface area contributed by atoms with Crippen molar-refractivity contribution in [2.24, 2.45) is 0 Å². The van der Waals surface area contributed by atoms with Gasteiger partial charge >= 0.3 is 5.97 Å². The maximum absolute atomic E-state index is 13.3. The molecule has 1 aromatic rings. The predicted molar refractivity (Wildman–Crippen MR) is 66.3 cm³/mol.